The van der Waals surface area contributed by atoms with Crippen molar-refractivity contribution in [3.8, 4) is 0 Å². The molecule has 0 spiro atoms. The standard InChI is InChI=1S/C8H12O3/c1-4-10-7(3)6-8(9)11-5-2/h5H,2-4,6H2,1H3. The molecule has 0 aromatic heterocycles. The van der Waals surface area contributed by atoms with Gasteiger partial charge in [0.05, 0.1) is 18.6 Å². The van der Waals surface area contributed by atoms with Gasteiger partial charge in [-0.15, -0.1) is 0 Å². The molecule has 62 valence electrons. The molecule has 0 aliphatic rings. The summed E-state index contributed by atoms with van der Waals surface area (Å²) < 4.78 is 9.37. The van der Waals surface area contributed by atoms with Crippen LogP contribution in [0.15, 0.2) is 25.2 Å². The largest absolute Gasteiger partial charge is 0.498 e. The van der Waals surface area contributed by atoms with Crippen LogP contribution < -0.4 is 0 Å². The van der Waals surface area contributed by atoms with E-state index in [1.54, 1.807) is 0 Å². The van der Waals surface area contributed by atoms with Crippen LogP contribution in [0, 0.1) is 0 Å². The Kier molecular flexibility index (Phi) is 4.90. The Bertz CT molecular complexity index is 161. The van der Waals surface area contributed by atoms with Crippen LogP contribution in [-0.2, 0) is 14.3 Å². The van der Waals surface area contributed by atoms with Crippen molar-refractivity contribution in [1.82, 2.24) is 0 Å². The number of carbonyl (C=O) groups excluding carboxylic acids is 1. The summed E-state index contributed by atoms with van der Waals surface area (Å²) in [5.41, 5.74) is 0. The molecule has 11 heavy (non-hydrogen) atoms. The number of hydrogen-bond acceptors (Lipinski definition) is 3. The predicted octanol–water partition coefficient (Wildman–Crippen LogP) is 1.61. The summed E-state index contributed by atoms with van der Waals surface area (Å²) in [7, 11) is 0. The minimum absolute atomic E-state index is 0.0832. The zero-order valence-corrected chi connectivity index (χ0v) is 6.63. The van der Waals surface area contributed by atoms with Gasteiger partial charge in [-0.3, -0.25) is 4.79 Å². The molecule has 0 atom stereocenters. The first kappa shape index (κ1) is 9.75. The maximum absolute atomic E-state index is 10.7. The highest BCUT2D eigenvalue weighted by Gasteiger charge is 2.03. The van der Waals surface area contributed by atoms with Gasteiger partial charge >= 0.3 is 5.97 Å². The van der Waals surface area contributed by atoms with Gasteiger partial charge in [0.25, 0.3) is 0 Å². The fraction of sp³-hybridized carbons (Fsp3) is 0.375. The van der Waals surface area contributed by atoms with Gasteiger partial charge in [0.1, 0.15) is 6.42 Å². The second-order valence-electron chi connectivity index (χ2n) is 1.80. The molecule has 0 heterocycles. The smallest absolute Gasteiger partial charge is 0.318 e. The number of ether oxygens (including phenoxy) is 2. The van der Waals surface area contributed by atoms with Crippen molar-refractivity contribution in [2.45, 2.75) is 13.3 Å². The van der Waals surface area contributed by atoms with Crippen molar-refractivity contribution in [3.63, 3.8) is 0 Å². The lowest BCUT2D eigenvalue weighted by Crippen LogP contribution is -2.02. The first-order chi connectivity index (χ1) is 5.20. The van der Waals surface area contributed by atoms with Gasteiger partial charge in [-0.05, 0) is 6.92 Å². The van der Waals surface area contributed by atoms with Crippen LogP contribution in [-0.4, -0.2) is 12.6 Å². The molecule has 3 heteroatoms. The molecule has 0 amide bonds. The average Bonchev–Trinajstić information content (AvgIpc) is 1.87. The van der Waals surface area contributed by atoms with Gasteiger partial charge in [-0.25, -0.2) is 0 Å². The van der Waals surface area contributed by atoms with Crippen LogP contribution in [0.4, 0.5) is 0 Å². The Balaban J connectivity index is 3.57. The van der Waals surface area contributed by atoms with E-state index in [1.807, 2.05) is 6.92 Å². The maximum atomic E-state index is 10.7. The molecule has 0 radical (unpaired) electrons. The zero-order valence-electron chi connectivity index (χ0n) is 6.63. The Morgan fingerprint density at radius 2 is 2.27 bits per heavy atom. The topological polar surface area (TPSA) is 35.5 Å². The molecule has 0 N–H and O–H groups in total. The van der Waals surface area contributed by atoms with E-state index in [0.29, 0.717) is 12.4 Å². The summed E-state index contributed by atoms with van der Waals surface area (Å²) in [5.74, 6) is 0.0119. The van der Waals surface area contributed by atoms with Gasteiger partial charge < -0.3 is 9.47 Å². The quantitative estimate of drug-likeness (QED) is 0.448. The van der Waals surface area contributed by atoms with E-state index in [-0.39, 0.29) is 6.42 Å². The average molecular weight is 156 g/mol. The second kappa shape index (κ2) is 5.53. The van der Waals surface area contributed by atoms with Crippen LogP contribution >= 0.6 is 0 Å². The minimum Gasteiger partial charge on any atom is -0.498 e. The zero-order chi connectivity index (χ0) is 8.69. The molecule has 0 fully saturated rings. The normalized spacial score (nSPS) is 8.45. The third-order valence-corrected chi connectivity index (χ3v) is 0.905. The van der Waals surface area contributed by atoms with E-state index in [9.17, 15) is 4.79 Å². The first-order valence-corrected chi connectivity index (χ1v) is 3.31. The molecule has 0 saturated heterocycles. The first-order valence-electron chi connectivity index (χ1n) is 3.31. The molecule has 0 bridgehead atoms. The van der Waals surface area contributed by atoms with Crippen LogP contribution in [0.3, 0.4) is 0 Å². The summed E-state index contributed by atoms with van der Waals surface area (Å²) in [5, 5.41) is 0. The van der Waals surface area contributed by atoms with E-state index in [4.69, 9.17) is 4.74 Å². The molecule has 0 aromatic rings. The second-order valence-corrected chi connectivity index (χ2v) is 1.80. The van der Waals surface area contributed by atoms with Crippen molar-refractivity contribution >= 4 is 5.97 Å². The molecule has 3 nitrogen and oxygen atoms in total. The Morgan fingerprint density at radius 1 is 1.64 bits per heavy atom. The number of carbonyl (C=O) groups is 1. The molecule has 0 rings (SSSR count). The molecule has 0 aromatic carbocycles. The summed E-state index contributed by atoms with van der Waals surface area (Å²) >= 11 is 0. The lowest BCUT2D eigenvalue weighted by Gasteiger charge is -2.03. The van der Waals surface area contributed by atoms with Gasteiger partial charge in [0, 0.05) is 0 Å². The van der Waals surface area contributed by atoms with Crippen molar-refractivity contribution in [2.75, 3.05) is 6.61 Å². The van der Waals surface area contributed by atoms with E-state index in [0.717, 1.165) is 6.26 Å². The van der Waals surface area contributed by atoms with Crippen molar-refractivity contribution in [3.05, 3.63) is 25.2 Å². The Labute approximate surface area is 66.3 Å². The number of esters is 1. The highest BCUT2D eigenvalue weighted by atomic mass is 16.5. The fourth-order valence-corrected chi connectivity index (χ4v) is 0.551. The molecule has 0 unspecified atom stereocenters. The number of rotatable bonds is 5. The summed E-state index contributed by atoms with van der Waals surface area (Å²) in [4.78, 5) is 10.7. The molecule has 0 aliphatic heterocycles. The Morgan fingerprint density at radius 3 is 2.73 bits per heavy atom. The maximum Gasteiger partial charge on any atom is 0.318 e. The summed E-state index contributed by atoms with van der Waals surface area (Å²) in [6, 6.07) is 0. The monoisotopic (exact) mass is 156 g/mol. The molecule has 0 saturated carbocycles. The van der Waals surface area contributed by atoms with Gasteiger partial charge in [-0.1, -0.05) is 13.2 Å². The van der Waals surface area contributed by atoms with Crippen molar-refractivity contribution in [2.24, 2.45) is 0 Å². The van der Waals surface area contributed by atoms with E-state index in [2.05, 4.69) is 17.9 Å². The predicted molar refractivity (Wildman–Crippen MR) is 41.7 cm³/mol. The number of hydrogen-bond donors (Lipinski definition) is 0. The third-order valence-electron chi connectivity index (χ3n) is 0.905. The van der Waals surface area contributed by atoms with E-state index in [1.165, 1.54) is 0 Å². The Hall–Kier alpha value is -1.25. The third kappa shape index (κ3) is 5.21. The van der Waals surface area contributed by atoms with E-state index < -0.39 is 5.97 Å². The SMILES string of the molecule is C=COC(=O)CC(=C)OCC. The van der Waals surface area contributed by atoms with Crippen LogP contribution in [0.1, 0.15) is 13.3 Å². The lowest BCUT2D eigenvalue weighted by molar-refractivity contribution is -0.137. The fourth-order valence-electron chi connectivity index (χ4n) is 0.551. The molecule has 0 aliphatic carbocycles. The lowest BCUT2D eigenvalue weighted by atomic mass is 10.4. The van der Waals surface area contributed by atoms with Crippen LogP contribution in [0.5, 0.6) is 0 Å². The minimum atomic E-state index is -0.404. The van der Waals surface area contributed by atoms with Crippen LogP contribution in [0.25, 0.3) is 0 Å². The highest BCUT2D eigenvalue weighted by molar-refractivity contribution is 5.72. The highest BCUT2D eigenvalue weighted by Crippen LogP contribution is 2.01. The van der Waals surface area contributed by atoms with Crippen molar-refractivity contribution < 1.29 is 14.3 Å². The van der Waals surface area contributed by atoms with Gasteiger partial charge in [0.15, 0.2) is 0 Å². The molecular weight excluding hydrogens is 144 g/mol. The molecular formula is C8H12O3. The van der Waals surface area contributed by atoms with Crippen molar-refractivity contribution in [1.29, 1.82) is 0 Å². The van der Waals surface area contributed by atoms with Crippen LogP contribution in [0.2, 0.25) is 0 Å². The summed E-state index contributed by atoms with van der Waals surface area (Å²) in [6.07, 6.45) is 1.17. The van der Waals surface area contributed by atoms with Gasteiger partial charge in [-0.2, -0.15) is 0 Å². The summed E-state index contributed by atoms with van der Waals surface area (Å²) in [6.45, 7) is 9.09. The van der Waals surface area contributed by atoms with Gasteiger partial charge in [0.2, 0.25) is 0 Å². The van der Waals surface area contributed by atoms with E-state index >= 15 is 0 Å².